The third-order valence-electron chi connectivity index (χ3n) is 3.89. The van der Waals surface area contributed by atoms with Gasteiger partial charge in [-0.1, -0.05) is 45.7 Å². The van der Waals surface area contributed by atoms with E-state index in [9.17, 15) is 9.18 Å². The molecule has 22 heavy (non-hydrogen) atoms. The molecule has 1 fully saturated rings. The van der Waals surface area contributed by atoms with E-state index in [1.54, 1.807) is 6.07 Å². The molecule has 2 nitrogen and oxygen atoms in total. The minimum Gasteiger partial charge on any atom is -0.352 e. The smallest absolute Gasteiger partial charge is 0.224 e. The molecule has 1 aliphatic carbocycles. The van der Waals surface area contributed by atoms with E-state index in [1.165, 1.54) is 12.1 Å². The van der Waals surface area contributed by atoms with Crippen LogP contribution < -0.4 is 5.32 Å². The molecular weight excluding hydrogens is 369 g/mol. The van der Waals surface area contributed by atoms with Crippen LogP contribution in [0.25, 0.3) is 0 Å². The van der Waals surface area contributed by atoms with Crippen LogP contribution >= 0.6 is 27.5 Å². The summed E-state index contributed by atoms with van der Waals surface area (Å²) >= 11 is 9.52. The van der Waals surface area contributed by atoms with Gasteiger partial charge >= 0.3 is 0 Å². The number of carbonyl (C=O) groups is 1. The standard InChI is InChI=1S/C17H14BrClFNO/c18-15-6-5-11(20)7-10(15)9-21-17(22)14-8-13(14)12-3-1-2-4-16(12)19/h1-7,13-14H,8-9H2,(H,21,22). The highest BCUT2D eigenvalue weighted by atomic mass is 79.9. The molecule has 5 heteroatoms. The molecule has 1 saturated carbocycles. The van der Waals surface area contributed by atoms with Crippen molar-refractivity contribution in [2.45, 2.75) is 18.9 Å². The molecule has 0 spiro atoms. The van der Waals surface area contributed by atoms with Gasteiger partial charge in [0, 0.05) is 22.0 Å². The molecule has 2 aromatic carbocycles. The molecule has 2 aromatic rings. The lowest BCUT2D eigenvalue weighted by Gasteiger charge is -2.08. The molecule has 0 bridgehead atoms. The first-order valence-electron chi connectivity index (χ1n) is 7.02. The molecular formula is C17H14BrClFNO. The summed E-state index contributed by atoms with van der Waals surface area (Å²) in [6, 6.07) is 12.0. The second-order valence-electron chi connectivity index (χ2n) is 5.42. The number of benzene rings is 2. The Hall–Kier alpha value is -1.39. The van der Waals surface area contributed by atoms with Gasteiger partial charge in [0.25, 0.3) is 0 Å². The highest BCUT2D eigenvalue weighted by Gasteiger charge is 2.44. The molecule has 3 rings (SSSR count). The second kappa shape index (κ2) is 6.39. The summed E-state index contributed by atoms with van der Waals surface area (Å²) in [4.78, 5) is 12.2. The summed E-state index contributed by atoms with van der Waals surface area (Å²) in [5.74, 6) is -0.189. The van der Waals surface area contributed by atoms with Gasteiger partial charge in [-0.15, -0.1) is 0 Å². The molecule has 0 aliphatic heterocycles. The second-order valence-corrected chi connectivity index (χ2v) is 6.69. The van der Waals surface area contributed by atoms with E-state index in [1.807, 2.05) is 24.3 Å². The van der Waals surface area contributed by atoms with Gasteiger partial charge in [-0.25, -0.2) is 4.39 Å². The fraction of sp³-hybridized carbons (Fsp3) is 0.235. The normalized spacial score (nSPS) is 19.8. The SMILES string of the molecule is O=C(NCc1cc(F)ccc1Br)C1CC1c1ccccc1Cl. The third kappa shape index (κ3) is 3.33. The van der Waals surface area contributed by atoms with Gasteiger partial charge in [0.1, 0.15) is 5.82 Å². The van der Waals surface area contributed by atoms with Crippen LogP contribution in [0, 0.1) is 11.7 Å². The Kier molecular flexibility index (Phi) is 4.50. The van der Waals surface area contributed by atoms with E-state index in [2.05, 4.69) is 21.2 Å². The number of hydrogen-bond donors (Lipinski definition) is 1. The highest BCUT2D eigenvalue weighted by Crippen LogP contribution is 2.49. The van der Waals surface area contributed by atoms with Crippen molar-refractivity contribution in [1.29, 1.82) is 0 Å². The monoisotopic (exact) mass is 381 g/mol. The average Bonchev–Trinajstić information content (AvgIpc) is 3.29. The van der Waals surface area contributed by atoms with E-state index in [-0.39, 0.29) is 23.6 Å². The maximum Gasteiger partial charge on any atom is 0.224 e. The van der Waals surface area contributed by atoms with Gasteiger partial charge in [-0.2, -0.15) is 0 Å². The summed E-state index contributed by atoms with van der Waals surface area (Å²) in [7, 11) is 0. The molecule has 114 valence electrons. The van der Waals surface area contributed by atoms with Crippen LogP contribution in [0.3, 0.4) is 0 Å². The van der Waals surface area contributed by atoms with E-state index >= 15 is 0 Å². The first-order chi connectivity index (χ1) is 10.6. The van der Waals surface area contributed by atoms with E-state index in [0.717, 1.165) is 22.0 Å². The zero-order valence-corrected chi connectivity index (χ0v) is 14.0. The van der Waals surface area contributed by atoms with E-state index in [4.69, 9.17) is 11.6 Å². The van der Waals surface area contributed by atoms with Crippen LogP contribution in [0.4, 0.5) is 4.39 Å². The minimum absolute atomic E-state index is 0.0129. The molecule has 0 saturated heterocycles. The molecule has 1 amide bonds. The number of halogens is 3. The van der Waals surface area contributed by atoms with Crippen molar-refractivity contribution >= 4 is 33.4 Å². The number of rotatable bonds is 4. The van der Waals surface area contributed by atoms with Gasteiger partial charge in [-0.3, -0.25) is 4.79 Å². The van der Waals surface area contributed by atoms with Crippen molar-refractivity contribution in [2.24, 2.45) is 5.92 Å². The molecule has 2 unspecified atom stereocenters. The Morgan fingerprint density at radius 1 is 1.32 bits per heavy atom. The lowest BCUT2D eigenvalue weighted by atomic mass is 10.1. The molecule has 0 aromatic heterocycles. The van der Waals surface area contributed by atoms with Crippen LogP contribution in [-0.2, 0) is 11.3 Å². The Labute approximate surface area is 141 Å². The minimum atomic E-state index is -0.312. The van der Waals surface area contributed by atoms with Crippen LogP contribution in [0.1, 0.15) is 23.5 Å². The quantitative estimate of drug-likeness (QED) is 0.818. The number of hydrogen-bond acceptors (Lipinski definition) is 1. The predicted molar refractivity (Wildman–Crippen MR) is 88.2 cm³/mol. The Morgan fingerprint density at radius 2 is 2.09 bits per heavy atom. The summed E-state index contributed by atoms with van der Waals surface area (Å²) in [5.41, 5.74) is 1.75. The van der Waals surface area contributed by atoms with Crippen molar-refractivity contribution in [1.82, 2.24) is 5.32 Å². The van der Waals surface area contributed by atoms with Gasteiger partial charge < -0.3 is 5.32 Å². The molecule has 0 heterocycles. The Balaban J connectivity index is 1.60. The predicted octanol–water partition coefficient (Wildman–Crippen LogP) is 4.66. The average molecular weight is 383 g/mol. The fourth-order valence-corrected chi connectivity index (χ4v) is 3.26. The van der Waals surface area contributed by atoms with E-state index < -0.39 is 0 Å². The fourth-order valence-electron chi connectivity index (χ4n) is 2.60. The first kappa shape index (κ1) is 15.5. The molecule has 1 N–H and O–H groups in total. The van der Waals surface area contributed by atoms with Crippen molar-refractivity contribution in [3.8, 4) is 0 Å². The highest BCUT2D eigenvalue weighted by molar-refractivity contribution is 9.10. The first-order valence-corrected chi connectivity index (χ1v) is 8.19. The maximum absolute atomic E-state index is 13.2. The number of carbonyl (C=O) groups excluding carboxylic acids is 1. The van der Waals surface area contributed by atoms with Crippen LogP contribution in [-0.4, -0.2) is 5.91 Å². The van der Waals surface area contributed by atoms with Crippen LogP contribution in [0.15, 0.2) is 46.9 Å². The third-order valence-corrected chi connectivity index (χ3v) is 5.01. The lowest BCUT2D eigenvalue weighted by molar-refractivity contribution is -0.122. The number of nitrogens with one attached hydrogen (secondary N) is 1. The summed E-state index contributed by atoms with van der Waals surface area (Å²) in [6.45, 7) is 0.308. The van der Waals surface area contributed by atoms with Gasteiger partial charge in [0.2, 0.25) is 5.91 Å². The van der Waals surface area contributed by atoms with Crippen molar-refractivity contribution in [3.63, 3.8) is 0 Å². The number of amides is 1. The summed E-state index contributed by atoms with van der Waals surface area (Å²) < 4.78 is 14.0. The lowest BCUT2D eigenvalue weighted by Crippen LogP contribution is -2.25. The zero-order chi connectivity index (χ0) is 15.7. The summed E-state index contributed by atoms with van der Waals surface area (Å²) in [5, 5.41) is 3.57. The van der Waals surface area contributed by atoms with Crippen molar-refractivity contribution in [3.05, 3.63) is 68.9 Å². The molecule has 1 aliphatic rings. The van der Waals surface area contributed by atoms with Crippen LogP contribution in [0.2, 0.25) is 5.02 Å². The van der Waals surface area contributed by atoms with E-state index in [0.29, 0.717) is 11.6 Å². The van der Waals surface area contributed by atoms with Crippen molar-refractivity contribution in [2.75, 3.05) is 0 Å². The molecule has 0 radical (unpaired) electrons. The summed E-state index contributed by atoms with van der Waals surface area (Å²) in [6.07, 6.45) is 0.805. The van der Waals surface area contributed by atoms with Crippen LogP contribution in [0.5, 0.6) is 0 Å². The van der Waals surface area contributed by atoms with Gasteiger partial charge in [0.05, 0.1) is 0 Å². The molecule has 2 atom stereocenters. The zero-order valence-electron chi connectivity index (χ0n) is 11.7. The van der Waals surface area contributed by atoms with Crippen molar-refractivity contribution < 1.29 is 9.18 Å². The maximum atomic E-state index is 13.2. The van der Waals surface area contributed by atoms with Gasteiger partial charge in [0.15, 0.2) is 0 Å². The Morgan fingerprint density at radius 3 is 2.86 bits per heavy atom. The largest absolute Gasteiger partial charge is 0.352 e. The Bertz CT molecular complexity index is 722. The van der Waals surface area contributed by atoms with Gasteiger partial charge in [-0.05, 0) is 47.7 Å². The topological polar surface area (TPSA) is 29.1 Å².